The third-order valence-corrected chi connectivity index (χ3v) is 5.17. The van der Waals surface area contributed by atoms with Crippen molar-refractivity contribution >= 4 is 27.5 Å². The number of benzene rings is 1. The Morgan fingerprint density at radius 2 is 2.00 bits per heavy atom. The van der Waals surface area contributed by atoms with Gasteiger partial charge in [0, 0.05) is 0 Å². The molecule has 19 heavy (non-hydrogen) atoms. The molecule has 0 unspecified atom stereocenters. The standard InChI is InChI=1S/C12H14ClNO4S/c13-10-7-19(16,17)8-11(10)14-12(15)18-6-9-4-2-1-3-5-9/h1-5,10-11H,6-8H2,(H,14,15)/t10-,11+/m1/s1. The van der Waals surface area contributed by atoms with Gasteiger partial charge < -0.3 is 10.1 Å². The number of amides is 1. The van der Waals surface area contributed by atoms with Crippen LogP contribution < -0.4 is 5.32 Å². The molecule has 0 aromatic heterocycles. The molecule has 1 aromatic rings. The van der Waals surface area contributed by atoms with E-state index in [4.69, 9.17) is 16.3 Å². The van der Waals surface area contributed by atoms with Crippen LogP contribution in [0.4, 0.5) is 4.79 Å². The summed E-state index contributed by atoms with van der Waals surface area (Å²) in [5.74, 6) is -0.250. The second kappa shape index (κ2) is 5.79. The van der Waals surface area contributed by atoms with E-state index in [1.807, 2.05) is 30.3 Å². The highest BCUT2D eigenvalue weighted by atomic mass is 35.5. The second-order valence-corrected chi connectivity index (χ2v) is 7.12. The Bertz CT molecular complexity index is 546. The quantitative estimate of drug-likeness (QED) is 0.855. The van der Waals surface area contributed by atoms with Crippen LogP contribution in [0.5, 0.6) is 0 Å². The fraction of sp³-hybridized carbons (Fsp3) is 0.417. The number of sulfone groups is 1. The zero-order valence-corrected chi connectivity index (χ0v) is 11.7. The van der Waals surface area contributed by atoms with Gasteiger partial charge in [-0.15, -0.1) is 11.6 Å². The Kier molecular flexibility index (Phi) is 4.31. The maximum absolute atomic E-state index is 11.5. The maximum Gasteiger partial charge on any atom is 0.407 e. The topological polar surface area (TPSA) is 72.5 Å². The van der Waals surface area contributed by atoms with E-state index in [-0.39, 0.29) is 18.1 Å². The minimum absolute atomic E-state index is 0.113. The van der Waals surface area contributed by atoms with Crippen LogP contribution in [0.2, 0.25) is 0 Å². The SMILES string of the molecule is O=C(N[C@H]1CS(=O)(=O)C[C@H]1Cl)OCc1ccccc1. The van der Waals surface area contributed by atoms with Crippen molar-refractivity contribution in [2.24, 2.45) is 0 Å². The van der Waals surface area contributed by atoms with E-state index < -0.39 is 27.3 Å². The second-order valence-electron chi connectivity index (χ2n) is 4.41. The molecule has 0 bridgehead atoms. The van der Waals surface area contributed by atoms with Crippen LogP contribution in [-0.4, -0.2) is 37.4 Å². The Morgan fingerprint density at radius 3 is 2.58 bits per heavy atom. The van der Waals surface area contributed by atoms with Gasteiger partial charge in [-0.25, -0.2) is 13.2 Å². The number of carbonyl (C=O) groups is 1. The Labute approximate surface area is 116 Å². The molecule has 2 atom stereocenters. The van der Waals surface area contributed by atoms with E-state index in [1.54, 1.807) is 0 Å². The van der Waals surface area contributed by atoms with Crippen molar-refractivity contribution in [3.8, 4) is 0 Å². The molecule has 1 heterocycles. The van der Waals surface area contributed by atoms with E-state index in [0.717, 1.165) is 5.56 Å². The Balaban J connectivity index is 1.82. The van der Waals surface area contributed by atoms with Crippen LogP contribution in [0.15, 0.2) is 30.3 Å². The van der Waals surface area contributed by atoms with Gasteiger partial charge in [0.15, 0.2) is 9.84 Å². The molecule has 7 heteroatoms. The number of alkyl carbamates (subject to hydrolysis) is 1. The van der Waals surface area contributed by atoms with Crippen LogP contribution in [0.25, 0.3) is 0 Å². The lowest BCUT2D eigenvalue weighted by atomic mass is 10.2. The zero-order valence-electron chi connectivity index (χ0n) is 10.1. The van der Waals surface area contributed by atoms with Gasteiger partial charge in [0.25, 0.3) is 0 Å². The molecule has 104 valence electrons. The lowest BCUT2D eigenvalue weighted by Crippen LogP contribution is -2.40. The number of hydrogen-bond acceptors (Lipinski definition) is 4. The van der Waals surface area contributed by atoms with Gasteiger partial charge in [-0.05, 0) is 5.56 Å². The number of nitrogens with one attached hydrogen (secondary N) is 1. The van der Waals surface area contributed by atoms with Crippen molar-refractivity contribution in [2.75, 3.05) is 11.5 Å². The minimum atomic E-state index is -3.16. The van der Waals surface area contributed by atoms with E-state index in [0.29, 0.717) is 0 Å². The van der Waals surface area contributed by atoms with Crippen LogP contribution in [-0.2, 0) is 21.2 Å². The van der Waals surface area contributed by atoms with Gasteiger partial charge in [0.2, 0.25) is 0 Å². The first-order valence-corrected chi connectivity index (χ1v) is 8.04. The number of halogens is 1. The smallest absolute Gasteiger partial charge is 0.407 e. The molecule has 1 saturated heterocycles. The van der Waals surface area contributed by atoms with Crippen molar-refractivity contribution in [2.45, 2.75) is 18.0 Å². The molecular weight excluding hydrogens is 290 g/mol. The summed E-state index contributed by atoms with van der Waals surface area (Å²) in [7, 11) is -3.16. The molecule has 1 aliphatic rings. The Hall–Kier alpha value is -1.27. The third kappa shape index (κ3) is 4.11. The molecule has 0 spiro atoms. The lowest BCUT2D eigenvalue weighted by Gasteiger charge is -2.14. The number of carbonyl (C=O) groups excluding carboxylic acids is 1. The van der Waals surface area contributed by atoms with Crippen molar-refractivity contribution in [3.63, 3.8) is 0 Å². The molecular formula is C12H14ClNO4S. The van der Waals surface area contributed by atoms with Gasteiger partial charge in [-0.2, -0.15) is 0 Å². The number of ether oxygens (including phenoxy) is 1. The predicted molar refractivity (Wildman–Crippen MR) is 71.8 cm³/mol. The molecule has 1 aliphatic heterocycles. The maximum atomic E-state index is 11.5. The molecule has 1 fully saturated rings. The van der Waals surface area contributed by atoms with Crippen molar-refractivity contribution in [1.82, 2.24) is 5.32 Å². The number of rotatable bonds is 3. The van der Waals surface area contributed by atoms with E-state index in [9.17, 15) is 13.2 Å². The largest absolute Gasteiger partial charge is 0.445 e. The van der Waals surface area contributed by atoms with Crippen molar-refractivity contribution in [3.05, 3.63) is 35.9 Å². The summed E-state index contributed by atoms with van der Waals surface area (Å²) in [6.07, 6.45) is -0.656. The van der Waals surface area contributed by atoms with Gasteiger partial charge in [0.05, 0.1) is 22.9 Å². The number of alkyl halides is 1. The van der Waals surface area contributed by atoms with Gasteiger partial charge in [0.1, 0.15) is 6.61 Å². The fourth-order valence-electron chi connectivity index (χ4n) is 1.85. The summed E-state index contributed by atoms with van der Waals surface area (Å²) in [6, 6.07) is 8.62. The first-order chi connectivity index (χ1) is 8.96. The van der Waals surface area contributed by atoms with Crippen molar-refractivity contribution in [1.29, 1.82) is 0 Å². The third-order valence-electron chi connectivity index (χ3n) is 2.80. The molecule has 0 saturated carbocycles. The van der Waals surface area contributed by atoms with E-state index in [2.05, 4.69) is 5.32 Å². The molecule has 1 aromatic carbocycles. The van der Waals surface area contributed by atoms with Crippen LogP contribution >= 0.6 is 11.6 Å². The Morgan fingerprint density at radius 1 is 1.32 bits per heavy atom. The fourth-order valence-corrected chi connectivity index (χ4v) is 4.40. The molecule has 0 radical (unpaired) electrons. The normalized spacial score (nSPS) is 24.9. The highest BCUT2D eigenvalue weighted by molar-refractivity contribution is 7.91. The summed E-state index contributed by atoms with van der Waals surface area (Å²) in [6.45, 7) is 0.138. The highest BCUT2D eigenvalue weighted by Crippen LogP contribution is 2.18. The average molecular weight is 304 g/mol. The summed E-state index contributed by atoms with van der Waals surface area (Å²) < 4.78 is 27.7. The zero-order chi connectivity index (χ0) is 13.9. The van der Waals surface area contributed by atoms with Gasteiger partial charge >= 0.3 is 6.09 Å². The van der Waals surface area contributed by atoms with Crippen molar-refractivity contribution < 1.29 is 17.9 Å². The average Bonchev–Trinajstić information content (AvgIpc) is 2.61. The highest BCUT2D eigenvalue weighted by Gasteiger charge is 2.37. The van der Waals surface area contributed by atoms with Gasteiger partial charge in [-0.1, -0.05) is 30.3 Å². The molecule has 1 amide bonds. The van der Waals surface area contributed by atoms with Crippen LogP contribution in [0, 0.1) is 0 Å². The number of hydrogen-bond donors (Lipinski definition) is 1. The molecule has 2 rings (SSSR count). The summed E-state index contributed by atoms with van der Waals surface area (Å²) in [5.41, 5.74) is 0.860. The summed E-state index contributed by atoms with van der Waals surface area (Å²) >= 11 is 5.87. The van der Waals surface area contributed by atoms with E-state index in [1.165, 1.54) is 0 Å². The first kappa shape index (κ1) is 14.1. The van der Waals surface area contributed by atoms with Crippen LogP contribution in [0.1, 0.15) is 5.56 Å². The van der Waals surface area contributed by atoms with Gasteiger partial charge in [-0.3, -0.25) is 0 Å². The molecule has 5 nitrogen and oxygen atoms in total. The molecule has 0 aliphatic carbocycles. The van der Waals surface area contributed by atoms with Crippen LogP contribution in [0.3, 0.4) is 0 Å². The molecule has 1 N–H and O–H groups in total. The first-order valence-electron chi connectivity index (χ1n) is 5.78. The predicted octanol–water partition coefficient (Wildman–Crippen LogP) is 1.32. The summed E-state index contributed by atoms with van der Waals surface area (Å²) in [5, 5.41) is 1.88. The monoisotopic (exact) mass is 303 g/mol. The lowest BCUT2D eigenvalue weighted by molar-refractivity contribution is 0.136. The van der Waals surface area contributed by atoms with E-state index >= 15 is 0 Å². The summed E-state index contributed by atoms with van der Waals surface area (Å²) in [4.78, 5) is 11.5. The minimum Gasteiger partial charge on any atom is -0.445 e.